The molecule has 1 aliphatic carbocycles. The van der Waals surface area contributed by atoms with Gasteiger partial charge < -0.3 is 15.0 Å². The molecule has 4 aromatic rings. The molecule has 0 aliphatic heterocycles. The van der Waals surface area contributed by atoms with Crippen molar-refractivity contribution in [2.75, 3.05) is 6.54 Å². The van der Waals surface area contributed by atoms with Crippen molar-refractivity contribution in [3.8, 4) is 0 Å². The maximum absolute atomic E-state index is 13.3. The van der Waals surface area contributed by atoms with Crippen molar-refractivity contribution < 1.29 is 14.7 Å². The molecule has 0 radical (unpaired) electrons. The van der Waals surface area contributed by atoms with Crippen LogP contribution in [0, 0.1) is 5.92 Å². The highest BCUT2D eigenvalue weighted by Crippen LogP contribution is 2.37. The summed E-state index contributed by atoms with van der Waals surface area (Å²) in [6.45, 7) is 0.380. The lowest BCUT2D eigenvalue weighted by atomic mass is 9.85. The van der Waals surface area contributed by atoms with Crippen LogP contribution in [-0.4, -0.2) is 28.1 Å². The van der Waals surface area contributed by atoms with Gasteiger partial charge >= 0.3 is 5.97 Å². The van der Waals surface area contributed by atoms with E-state index in [2.05, 4.69) is 29.6 Å². The number of carboxylic acids is 1. The molecule has 1 atom stereocenters. The fraction of sp³-hybridized carbons (Fsp3) is 0.241. The molecular weight excluding hydrogens is 460 g/mol. The minimum atomic E-state index is -0.905. The van der Waals surface area contributed by atoms with E-state index in [1.165, 1.54) is 0 Å². The normalized spacial score (nSPS) is 15.2. The van der Waals surface area contributed by atoms with Crippen LogP contribution in [0.1, 0.15) is 34.7 Å². The molecule has 1 unspecified atom stereocenters. The molecule has 0 saturated carbocycles. The first-order chi connectivity index (χ1) is 17.0. The molecule has 6 heteroatoms. The molecule has 0 saturated heterocycles. The predicted molar refractivity (Wildman–Crippen MR) is 138 cm³/mol. The Morgan fingerprint density at radius 3 is 2.26 bits per heavy atom. The molecule has 2 N–H and O–H groups in total. The zero-order valence-corrected chi connectivity index (χ0v) is 20.0. The largest absolute Gasteiger partial charge is 0.480 e. The first-order valence-corrected chi connectivity index (χ1v) is 12.3. The van der Waals surface area contributed by atoms with E-state index in [0.717, 1.165) is 33.3 Å². The summed E-state index contributed by atoms with van der Waals surface area (Å²) in [5.41, 5.74) is 5.09. The van der Waals surface area contributed by atoms with Gasteiger partial charge in [-0.25, -0.2) is 0 Å². The van der Waals surface area contributed by atoms with E-state index in [0.29, 0.717) is 30.8 Å². The number of carbonyl (C=O) groups is 2. The van der Waals surface area contributed by atoms with E-state index in [9.17, 15) is 14.7 Å². The number of benzene rings is 3. The highest BCUT2D eigenvalue weighted by molar-refractivity contribution is 6.35. The zero-order chi connectivity index (χ0) is 24.4. The lowest BCUT2D eigenvalue weighted by Gasteiger charge is -2.25. The third-order valence-electron chi connectivity index (χ3n) is 6.98. The Morgan fingerprint density at radius 2 is 1.63 bits per heavy atom. The van der Waals surface area contributed by atoms with Gasteiger partial charge in [0.05, 0.1) is 10.5 Å². The minimum Gasteiger partial charge on any atom is -0.480 e. The molecular formula is C29H27ClN2O3. The van der Waals surface area contributed by atoms with Gasteiger partial charge in [-0.3, -0.25) is 9.59 Å². The van der Waals surface area contributed by atoms with E-state index in [4.69, 9.17) is 11.6 Å². The van der Waals surface area contributed by atoms with Crippen LogP contribution in [0.15, 0.2) is 78.9 Å². The second-order valence-electron chi connectivity index (χ2n) is 9.10. The number of fused-ring (bicyclic) bond motifs is 3. The maximum Gasteiger partial charge on any atom is 0.323 e. The number of aromatic nitrogens is 1. The average molecular weight is 487 g/mol. The SMILES string of the molecule is O=C(O)Cn1c2c(c3cccc(Cl)c31)CC(C(=O)NCC(c1ccccc1)c1ccccc1)CC2. The van der Waals surface area contributed by atoms with Crippen molar-refractivity contribution in [1.82, 2.24) is 9.88 Å². The second kappa shape index (κ2) is 9.96. The van der Waals surface area contributed by atoms with Crippen molar-refractivity contribution in [1.29, 1.82) is 0 Å². The van der Waals surface area contributed by atoms with Crippen LogP contribution in [0.25, 0.3) is 10.9 Å². The van der Waals surface area contributed by atoms with Gasteiger partial charge in [0.1, 0.15) is 6.54 Å². The predicted octanol–water partition coefficient (Wildman–Crippen LogP) is 5.43. The fourth-order valence-electron chi connectivity index (χ4n) is 5.34. The fourth-order valence-corrected chi connectivity index (χ4v) is 5.62. The Labute approximate surface area is 209 Å². The number of aliphatic carboxylic acids is 1. The van der Waals surface area contributed by atoms with Gasteiger partial charge in [-0.1, -0.05) is 84.4 Å². The summed E-state index contributed by atoms with van der Waals surface area (Å²) in [4.78, 5) is 24.9. The summed E-state index contributed by atoms with van der Waals surface area (Å²) in [5.74, 6) is -0.972. The van der Waals surface area contributed by atoms with Gasteiger partial charge in [0.15, 0.2) is 0 Å². The molecule has 1 heterocycles. The molecule has 1 aliphatic rings. The van der Waals surface area contributed by atoms with Crippen LogP contribution >= 0.6 is 11.6 Å². The third-order valence-corrected chi connectivity index (χ3v) is 7.29. The number of rotatable bonds is 7. The molecule has 1 aromatic heterocycles. The highest BCUT2D eigenvalue weighted by atomic mass is 35.5. The Kier molecular flexibility index (Phi) is 6.60. The summed E-state index contributed by atoms with van der Waals surface area (Å²) >= 11 is 6.47. The number of halogens is 1. The molecule has 1 amide bonds. The maximum atomic E-state index is 13.3. The quantitative estimate of drug-likeness (QED) is 0.366. The van der Waals surface area contributed by atoms with Crippen LogP contribution in [0.3, 0.4) is 0 Å². The number of hydrogen-bond donors (Lipinski definition) is 2. The third kappa shape index (κ3) is 4.69. The summed E-state index contributed by atoms with van der Waals surface area (Å²) < 4.78 is 1.81. The summed E-state index contributed by atoms with van der Waals surface area (Å²) in [7, 11) is 0. The summed E-state index contributed by atoms with van der Waals surface area (Å²) in [6.07, 6.45) is 1.90. The van der Waals surface area contributed by atoms with Gasteiger partial charge in [0.25, 0.3) is 0 Å². The molecule has 0 bridgehead atoms. The smallest absolute Gasteiger partial charge is 0.323 e. The standard InChI is InChI=1S/C29H27ClN2O3/c30-25-13-7-12-22-23-16-21(14-15-26(23)32(28(22)25)18-27(33)34)29(35)31-17-24(19-8-3-1-4-9-19)20-10-5-2-6-11-20/h1-13,21,24H,14-18H2,(H,31,35)(H,33,34). The number of amides is 1. The minimum absolute atomic E-state index is 0.0358. The van der Waals surface area contributed by atoms with Crippen LogP contribution < -0.4 is 5.32 Å². The molecule has 0 fully saturated rings. The summed E-state index contributed by atoms with van der Waals surface area (Å²) in [5, 5.41) is 14.1. The van der Waals surface area contributed by atoms with Crippen molar-refractivity contribution in [2.24, 2.45) is 5.92 Å². The molecule has 178 valence electrons. The Bertz CT molecular complexity index is 1330. The van der Waals surface area contributed by atoms with Crippen molar-refractivity contribution in [3.05, 3.63) is 106 Å². The summed E-state index contributed by atoms with van der Waals surface area (Å²) in [6, 6.07) is 26.1. The molecule has 3 aromatic carbocycles. The molecule has 0 spiro atoms. The number of nitrogens with one attached hydrogen (secondary N) is 1. The van der Waals surface area contributed by atoms with Crippen LogP contribution in [0.5, 0.6) is 0 Å². The Morgan fingerprint density at radius 1 is 0.971 bits per heavy atom. The van der Waals surface area contributed by atoms with Crippen molar-refractivity contribution in [2.45, 2.75) is 31.7 Å². The monoisotopic (exact) mass is 486 g/mol. The number of hydrogen-bond acceptors (Lipinski definition) is 2. The lowest BCUT2D eigenvalue weighted by molar-refractivity contribution is -0.137. The highest BCUT2D eigenvalue weighted by Gasteiger charge is 2.31. The van der Waals surface area contributed by atoms with Gasteiger partial charge in [0.2, 0.25) is 5.91 Å². The topological polar surface area (TPSA) is 71.3 Å². The number of carbonyl (C=O) groups excluding carboxylic acids is 1. The number of para-hydroxylation sites is 1. The number of carboxylic acid groups (broad SMARTS) is 1. The van der Waals surface area contributed by atoms with Gasteiger partial charge in [-0.2, -0.15) is 0 Å². The first-order valence-electron chi connectivity index (χ1n) is 11.9. The first kappa shape index (κ1) is 23.2. The van der Waals surface area contributed by atoms with E-state index in [-0.39, 0.29) is 24.3 Å². The van der Waals surface area contributed by atoms with Crippen molar-refractivity contribution in [3.63, 3.8) is 0 Å². The van der Waals surface area contributed by atoms with Gasteiger partial charge in [-0.05, 0) is 42.0 Å². The van der Waals surface area contributed by atoms with E-state index < -0.39 is 5.97 Å². The van der Waals surface area contributed by atoms with Crippen molar-refractivity contribution >= 4 is 34.4 Å². The van der Waals surface area contributed by atoms with Gasteiger partial charge in [-0.15, -0.1) is 0 Å². The van der Waals surface area contributed by atoms with Crippen LogP contribution in [0.2, 0.25) is 5.02 Å². The van der Waals surface area contributed by atoms with Crippen LogP contribution in [-0.2, 0) is 29.0 Å². The molecule has 35 heavy (non-hydrogen) atoms. The zero-order valence-electron chi connectivity index (χ0n) is 19.3. The van der Waals surface area contributed by atoms with Gasteiger partial charge in [0, 0.05) is 29.5 Å². The molecule has 5 nitrogen and oxygen atoms in total. The Hall–Kier alpha value is -3.57. The second-order valence-corrected chi connectivity index (χ2v) is 9.51. The van der Waals surface area contributed by atoms with E-state index in [1.807, 2.05) is 53.1 Å². The average Bonchev–Trinajstić information content (AvgIpc) is 3.19. The Balaban J connectivity index is 1.37. The van der Waals surface area contributed by atoms with Crippen LogP contribution in [0.4, 0.5) is 0 Å². The lowest BCUT2D eigenvalue weighted by Crippen LogP contribution is -2.36. The van der Waals surface area contributed by atoms with E-state index in [1.54, 1.807) is 6.07 Å². The molecule has 5 rings (SSSR count). The number of nitrogens with zero attached hydrogens (tertiary/aromatic N) is 1. The van der Waals surface area contributed by atoms with E-state index >= 15 is 0 Å².